The molecule has 0 bridgehead atoms. The zero-order valence-corrected chi connectivity index (χ0v) is 11.8. The van der Waals surface area contributed by atoms with Gasteiger partial charge in [-0.05, 0) is 17.7 Å². The van der Waals surface area contributed by atoms with Gasteiger partial charge in [0, 0.05) is 6.20 Å². The molecule has 0 saturated carbocycles. The van der Waals surface area contributed by atoms with E-state index in [1.54, 1.807) is 12.1 Å². The summed E-state index contributed by atoms with van der Waals surface area (Å²) in [6, 6.07) is 6.09. The van der Waals surface area contributed by atoms with Crippen molar-refractivity contribution >= 4 is 5.97 Å². The Bertz CT molecular complexity index is 833. The number of carboxylic acid groups (broad SMARTS) is 1. The van der Waals surface area contributed by atoms with E-state index in [4.69, 9.17) is 9.84 Å². The van der Waals surface area contributed by atoms with Gasteiger partial charge in [-0.15, -0.1) is 0 Å². The van der Waals surface area contributed by atoms with Gasteiger partial charge in [0.1, 0.15) is 12.4 Å². The Kier molecular flexibility index (Phi) is 3.96. The highest BCUT2D eigenvalue weighted by molar-refractivity contribution is 5.86. The van der Waals surface area contributed by atoms with Crippen LogP contribution in [-0.2, 0) is 6.61 Å². The zero-order chi connectivity index (χ0) is 16.2. The second-order valence-corrected chi connectivity index (χ2v) is 4.62. The highest BCUT2D eigenvalue weighted by Crippen LogP contribution is 2.12. The summed E-state index contributed by atoms with van der Waals surface area (Å²) in [6.45, 7) is 0.186. The lowest BCUT2D eigenvalue weighted by Gasteiger charge is -2.06. The normalized spacial score (nSPS) is 10.5. The van der Waals surface area contributed by atoms with Crippen LogP contribution >= 0.6 is 0 Å². The van der Waals surface area contributed by atoms with Gasteiger partial charge in [-0.3, -0.25) is 0 Å². The predicted octanol–water partition coefficient (Wildman–Crippen LogP) is 2.08. The van der Waals surface area contributed by atoms with E-state index >= 15 is 0 Å². The summed E-state index contributed by atoms with van der Waals surface area (Å²) in [5.41, 5.74) is 0.729. The Balaban J connectivity index is 1.68. The van der Waals surface area contributed by atoms with Crippen LogP contribution in [0.4, 0.5) is 4.39 Å². The summed E-state index contributed by atoms with van der Waals surface area (Å²) in [5.74, 6) is -0.781. The van der Waals surface area contributed by atoms with Crippen molar-refractivity contribution in [1.29, 1.82) is 0 Å². The lowest BCUT2D eigenvalue weighted by Crippen LogP contribution is -2.03. The predicted molar refractivity (Wildman–Crippen MR) is 76.8 cm³/mol. The lowest BCUT2D eigenvalue weighted by molar-refractivity contribution is 0.0697. The van der Waals surface area contributed by atoms with Gasteiger partial charge >= 0.3 is 5.97 Å². The second kappa shape index (κ2) is 6.22. The average molecular weight is 314 g/mol. The Labute approximate surface area is 130 Å². The molecule has 3 aromatic rings. The molecule has 0 unspecified atom stereocenters. The quantitative estimate of drug-likeness (QED) is 0.775. The Morgan fingerprint density at radius 1 is 1.26 bits per heavy atom. The smallest absolute Gasteiger partial charge is 0.338 e. The fraction of sp³-hybridized carbons (Fsp3) is 0.0667. The summed E-state index contributed by atoms with van der Waals surface area (Å²) in [7, 11) is 0. The van der Waals surface area contributed by atoms with Crippen molar-refractivity contribution in [3.8, 4) is 11.7 Å². The second-order valence-electron chi connectivity index (χ2n) is 4.62. The molecule has 3 rings (SSSR count). The van der Waals surface area contributed by atoms with E-state index in [9.17, 15) is 9.18 Å². The number of carbonyl (C=O) groups is 1. The lowest BCUT2D eigenvalue weighted by atomic mass is 10.2. The van der Waals surface area contributed by atoms with E-state index in [2.05, 4.69) is 15.1 Å². The van der Waals surface area contributed by atoms with Crippen molar-refractivity contribution in [2.45, 2.75) is 6.61 Å². The minimum absolute atomic E-state index is 0.0417. The average Bonchev–Trinajstić information content (AvgIpc) is 3.04. The highest BCUT2D eigenvalue weighted by Gasteiger charge is 2.09. The molecule has 0 fully saturated rings. The first-order valence-electron chi connectivity index (χ1n) is 6.59. The van der Waals surface area contributed by atoms with E-state index in [1.165, 1.54) is 41.6 Å². The summed E-state index contributed by atoms with van der Waals surface area (Å²) in [6.07, 6.45) is 5.39. The van der Waals surface area contributed by atoms with E-state index in [0.29, 0.717) is 11.3 Å². The fourth-order valence-corrected chi connectivity index (χ4v) is 1.84. The van der Waals surface area contributed by atoms with Crippen molar-refractivity contribution in [1.82, 2.24) is 19.7 Å². The highest BCUT2D eigenvalue weighted by atomic mass is 19.1. The summed E-state index contributed by atoms with van der Waals surface area (Å²) >= 11 is 0. The first-order valence-corrected chi connectivity index (χ1v) is 6.59. The third kappa shape index (κ3) is 3.49. The summed E-state index contributed by atoms with van der Waals surface area (Å²) < 4.78 is 19.8. The van der Waals surface area contributed by atoms with Gasteiger partial charge in [0.05, 0.1) is 24.2 Å². The SMILES string of the molecule is O=C(O)c1cnn(-c2ncc(OCc3cccc(F)c3)cn2)c1. The van der Waals surface area contributed by atoms with Gasteiger partial charge < -0.3 is 9.84 Å². The molecule has 0 spiro atoms. The monoisotopic (exact) mass is 314 g/mol. The van der Waals surface area contributed by atoms with Crippen LogP contribution in [0.5, 0.6) is 5.75 Å². The number of aromatic carboxylic acids is 1. The van der Waals surface area contributed by atoms with Gasteiger partial charge in [-0.25, -0.2) is 23.8 Å². The third-order valence-corrected chi connectivity index (χ3v) is 2.94. The minimum Gasteiger partial charge on any atom is -0.486 e. The number of hydrogen-bond acceptors (Lipinski definition) is 5. The largest absolute Gasteiger partial charge is 0.486 e. The molecule has 0 aliphatic rings. The number of halogens is 1. The van der Waals surface area contributed by atoms with E-state index < -0.39 is 5.97 Å². The molecule has 0 aliphatic heterocycles. The molecule has 2 heterocycles. The van der Waals surface area contributed by atoms with Crippen molar-refractivity contribution in [3.63, 3.8) is 0 Å². The number of hydrogen-bond donors (Lipinski definition) is 1. The maximum absolute atomic E-state index is 13.1. The molecule has 23 heavy (non-hydrogen) atoms. The number of carboxylic acids is 1. The fourth-order valence-electron chi connectivity index (χ4n) is 1.84. The first kappa shape index (κ1) is 14.6. The minimum atomic E-state index is -1.08. The van der Waals surface area contributed by atoms with Crippen molar-refractivity contribution in [2.24, 2.45) is 0 Å². The number of nitrogens with zero attached hydrogens (tertiary/aromatic N) is 4. The van der Waals surface area contributed by atoms with Crippen LogP contribution in [0, 0.1) is 5.82 Å². The maximum Gasteiger partial charge on any atom is 0.338 e. The number of aromatic nitrogens is 4. The van der Waals surface area contributed by atoms with Crippen molar-refractivity contribution in [2.75, 3.05) is 0 Å². The summed E-state index contributed by atoms with van der Waals surface area (Å²) in [5, 5.41) is 12.7. The topological polar surface area (TPSA) is 90.1 Å². The third-order valence-electron chi connectivity index (χ3n) is 2.94. The molecule has 7 nitrogen and oxygen atoms in total. The molecule has 0 radical (unpaired) electrons. The van der Waals surface area contributed by atoms with Crippen molar-refractivity contribution < 1.29 is 19.0 Å². The van der Waals surface area contributed by atoms with E-state index in [1.807, 2.05) is 0 Å². The zero-order valence-electron chi connectivity index (χ0n) is 11.8. The van der Waals surface area contributed by atoms with Crippen LogP contribution in [-0.4, -0.2) is 30.8 Å². The molecule has 1 aromatic carbocycles. The molecule has 2 aromatic heterocycles. The molecule has 8 heteroatoms. The van der Waals surface area contributed by atoms with E-state index in [-0.39, 0.29) is 23.9 Å². The number of ether oxygens (including phenoxy) is 1. The molecule has 0 saturated heterocycles. The number of benzene rings is 1. The summed E-state index contributed by atoms with van der Waals surface area (Å²) in [4.78, 5) is 18.9. The van der Waals surface area contributed by atoms with Gasteiger partial charge in [-0.1, -0.05) is 12.1 Å². The van der Waals surface area contributed by atoms with Gasteiger partial charge in [-0.2, -0.15) is 5.10 Å². The Hall–Kier alpha value is -3.29. The molecule has 116 valence electrons. The van der Waals surface area contributed by atoms with Crippen LogP contribution < -0.4 is 4.74 Å². The Morgan fingerprint density at radius 3 is 2.70 bits per heavy atom. The molecule has 1 N–H and O–H groups in total. The maximum atomic E-state index is 13.1. The van der Waals surface area contributed by atoms with Crippen LogP contribution in [0.25, 0.3) is 5.95 Å². The first-order chi connectivity index (χ1) is 11.1. The van der Waals surface area contributed by atoms with E-state index in [0.717, 1.165) is 0 Å². The van der Waals surface area contributed by atoms with Crippen LogP contribution in [0.1, 0.15) is 15.9 Å². The van der Waals surface area contributed by atoms with Gasteiger partial charge in [0.2, 0.25) is 0 Å². The van der Waals surface area contributed by atoms with Crippen LogP contribution in [0.2, 0.25) is 0 Å². The van der Waals surface area contributed by atoms with Crippen LogP contribution in [0.3, 0.4) is 0 Å². The van der Waals surface area contributed by atoms with Crippen LogP contribution in [0.15, 0.2) is 49.1 Å². The van der Waals surface area contributed by atoms with Crippen molar-refractivity contribution in [3.05, 3.63) is 66.0 Å². The number of rotatable bonds is 5. The molecule has 0 amide bonds. The molecular weight excluding hydrogens is 303 g/mol. The standard InChI is InChI=1S/C15H11FN4O3/c16-12-3-1-2-10(4-12)9-23-13-6-17-15(18-7-13)20-8-11(5-19-20)14(21)22/h1-8H,9H2,(H,21,22). The van der Waals surface area contributed by atoms with Gasteiger partial charge in [0.25, 0.3) is 5.95 Å². The molecule has 0 aliphatic carbocycles. The molecular formula is C15H11FN4O3. The molecule has 0 atom stereocenters. The van der Waals surface area contributed by atoms with Gasteiger partial charge in [0.15, 0.2) is 5.75 Å². The Morgan fingerprint density at radius 2 is 2.04 bits per heavy atom.